The lowest BCUT2D eigenvalue weighted by Crippen LogP contribution is -2.38. The Kier molecular flexibility index (Phi) is 7.34. The van der Waals surface area contributed by atoms with E-state index in [-0.39, 0.29) is 23.9 Å². The fourth-order valence-electron chi connectivity index (χ4n) is 2.91. The van der Waals surface area contributed by atoms with Gasteiger partial charge in [-0.25, -0.2) is 5.43 Å². The van der Waals surface area contributed by atoms with Crippen molar-refractivity contribution in [2.75, 3.05) is 20.8 Å². The molecule has 26 heavy (non-hydrogen) atoms. The molecule has 0 saturated heterocycles. The van der Waals surface area contributed by atoms with E-state index in [0.717, 1.165) is 12.8 Å². The van der Waals surface area contributed by atoms with Crippen molar-refractivity contribution in [2.24, 2.45) is 5.10 Å². The average Bonchev–Trinajstić information content (AvgIpc) is 2.66. The van der Waals surface area contributed by atoms with Crippen LogP contribution in [0.25, 0.3) is 0 Å². The zero-order valence-corrected chi connectivity index (χ0v) is 15.0. The van der Waals surface area contributed by atoms with Crippen molar-refractivity contribution in [1.29, 1.82) is 0 Å². The standard InChI is InChI=1S/C17H24N4O5/c1-25-15-9-16(26-2)14(21(23)24)8-12(15)10-19-20-17(22)11-18-13-6-4-3-5-7-13/h8-10,13,18H,3-7,11H2,1-2H3,(H,20,22)/b19-10-. The van der Waals surface area contributed by atoms with Gasteiger partial charge in [-0.3, -0.25) is 14.9 Å². The van der Waals surface area contributed by atoms with Gasteiger partial charge in [0.1, 0.15) is 5.75 Å². The Bertz CT molecular complexity index is 671. The Hall–Kier alpha value is -2.68. The summed E-state index contributed by atoms with van der Waals surface area (Å²) in [5, 5.41) is 18.2. The summed E-state index contributed by atoms with van der Waals surface area (Å²) >= 11 is 0. The molecule has 0 heterocycles. The first-order valence-electron chi connectivity index (χ1n) is 8.51. The molecule has 1 fully saturated rings. The van der Waals surface area contributed by atoms with Crippen LogP contribution in [0.2, 0.25) is 0 Å². The first kappa shape index (κ1) is 19.6. The smallest absolute Gasteiger partial charge is 0.311 e. The summed E-state index contributed by atoms with van der Waals surface area (Å²) in [6, 6.07) is 3.07. The number of hydrazone groups is 1. The molecule has 9 heteroatoms. The summed E-state index contributed by atoms with van der Waals surface area (Å²) in [6.45, 7) is 0.182. The maximum absolute atomic E-state index is 11.9. The van der Waals surface area contributed by atoms with Crippen molar-refractivity contribution in [3.05, 3.63) is 27.8 Å². The van der Waals surface area contributed by atoms with Crippen molar-refractivity contribution >= 4 is 17.8 Å². The molecule has 0 radical (unpaired) electrons. The molecule has 1 amide bonds. The monoisotopic (exact) mass is 364 g/mol. The fraction of sp³-hybridized carbons (Fsp3) is 0.529. The van der Waals surface area contributed by atoms with E-state index in [1.165, 1.54) is 51.8 Å². The number of carbonyl (C=O) groups excluding carboxylic acids is 1. The molecule has 0 aromatic heterocycles. The first-order valence-corrected chi connectivity index (χ1v) is 8.51. The second kappa shape index (κ2) is 9.71. The number of nitrogens with one attached hydrogen (secondary N) is 2. The molecule has 0 unspecified atom stereocenters. The highest BCUT2D eigenvalue weighted by molar-refractivity contribution is 5.87. The summed E-state index contributed by atoms with van der Waals surface area (Å²) < 4.78 is 10.2. The van der Waals surface area contributed by atoms with E-state index in [1.807, 2.05) is 0 Å². The van der Waals surface area contributed by atoms with Gasteiger partial charge in [-0.2, -0.15) is 5.10 Å². The third-order valence-corrected chi connectivity index (χ3v) is 4.28. The highest BCUT2D eigenvalue weighted by atomic mass is 16.6. The van der Waals surface area contributed by atoms with Crippen molar-refractivity contribution in [3.8, 4) is 11.5 Å². The van der Waals surface area contributed by atoms with Crippen LogP contribution in [-0.4, -0.2) is 43.9 Å². The molecular formula is C17H24N4O5. The van der Waals surface area contributed by atoms with Gasteiger partial charge in [0.05, 0.1) is 31.9 Å². The third-order valence-electron chi connectivity index (χ3n) is 4.28. The van der Waals surface area contributed by atoms with Gasteiger partial charge in [0.25, 0.3) is 5.91 Å². The van der Waals surface area contributed by atoms with Crippen LogP contribution in [-0.2, 0) is 4.79 Å². The number of hydrogen-bond acceptors (Lipinski definition) is 7. The van der Waals surface area contributed by atoms with Crippen LogP contribution in [0.15, 0.2) is 17.2 Å². The zero-order valence-electron chi connectivity index (χ0n) is 15.0. The molecule has 1 saturated carbocycles. The minimum Gasteiger partial charge on any atom is -0.496 e. The van der Waals surface area contributed by atoms with Gasteiger partial charge in [0.15, 0.2) is 0 Å². The van der Waals surface area contributed by atoms with E-state index in [2.05, 4.69) is 15.8 Å². The number of amides is 1. The van der Waals surface area contributed by atoms with Gasteiger partial charge >= 0.3 is 5.69 Å². The van der Waals surface area contributed by atoms with Crippen LogP contribution in [0.1, 0.15) is 37.7 Å². The van der Waals surface area contributed by atoms with Gasteiger partial charge in [0, 0.05) is 23.7 Å². The van der Waals surface area contributed by atoms with Crippen LogP contribution < -0.4 is 20.2 Å². The van der Waals surface area contributed by atoms with Crippen LogP contribution in [0.5, 0.6) is 11.5 Å². The number of rotatable bonds is 8. The first-order chi connectivity index (χ1) is 12.5. The molecule has 0 bridgehead atoms. The summed E-state index contributed by atoms with van der Waals surface area (Å²) in [5.41, 5.74) is 2.56. The molecular weight excluding hydrogens is 340 g/mol. The van der Waals surface area contributed by atoms with Gasteiger partial charge in [-0.1, -0.05) is 19.3 Å². The highest BCUT2D eigenvalue weighted by Gasteiger charge is 2.19. The van der Waals surface area contributed by atoms with Gasteiger partial charge in [-0.15, -0.1) is 0 Å². The number of hydrogen-bond donors (Lipinski definition) is 2. The summed E-state index contributed by atoms with van der Waals surface area (Å²) in [7, 11) is 2.78. The lowest BCUT2D eigenvalue weighted by molar-refractivity contribution is -0.385. The fourth-order valence-corrected chi connectivity index (χ4v) is 2.91. The second-order valence-electron chi connectivity index (χ2n) is 6.03. The minimum absolute atomic E-state index is 0.0877. The number of nitro benzene ring substituents is 1. The van der Waals surface area contributed by atoms with E-state index in [9.17, 15) is 14.9 Å². The molecule has 0 atom stereocenters. The number of nitrogens with zero attached hydrogens (tertiary/aromatic N) is 2. The van der Waals surface area contributed by atoms with Crippen LogP contribution >= 0.6 is 0 Å². The normalized spacial score (nSPS) is 15.0. The lowest BCUT2D eigenvalue weighted by atomic mass is 9.95. The van der Waals surface area contributed by atoms with Crippen LogP contribution in [0.3, 0.4) is 0 Å². The summed E-state index contributed by atoms with van der Waals surface area (Å²) in [6.07, 6.45) is 7.11. The van der Waals surface area contributed by atoms with E-state index in [0.29, 0.717) is 17.4 Å². The molecule has 2 N–H and O–H groups in total. The molecule has 2 rings (SSSR count). The number of ether oxygens (including phenoxy) is 2. The summed E-state index contributed by atoms with van der Waals surface area (Å²) in [4.78, 5) is 22.4. The zero-order chi connectivity index (χ0) is 18.9. The Morgan fingerprint density at radius 2 is 1.96 bits per heavy atom. The van der Waals surface area contributed by atoms with Crippen molar-refractivity contribution in [2.45, 2.75) is 38.1 Å². The molecule has 1 aromatic carbocycles. The Morgan fingerprint density at radius 1 is 1.27 bits per heavy atom. The molecule has 1 aliphatic rings. The maximum Gasteiger partial charge on any atom is 0.311 e. The maximum atomic E-state index is 11.9. The number of nitro groups is 1. The van der Waals surface area contributed by atoms with E-state index in [1.54, 1.807) is 0 Å². The number of benzene rings is 1. The molecule has 1 aromatic rings. The predicted molar refractivity (Wildman–Crippen MR) is 96.8 cm³/mol. The van der Waals surface area contributed by atoms with Crippen molar-refractivity contribution < 1.29 is 19.2 Å². The third kappa shape index (κ3) is 5.41. The SMILES string of the molecule is COc1cc(OC)c([N+](=O)[O-])cc1/C=N\NC(=O)CNC1CCCCC1. The van der Waals surface area contributed by atoms with E-state index in [4.69, 9.17) is 9.47 Å². The number of methoxy groups -OCH3 is 2. The molecule has 1 aliphatic carbocycles. The van der Waals surface area contributed by atoms with Crippen LogP contribution in [0, 0.1) is 10.1 Å². The van der Waals surface area contributed by atoms with Crippen LogP contribution in [0.4, 0.5) is 5.69 Å². The Balaban J connectivity index is 1.96. The molecule has 0 spiro atoms. The predicted octanol–water partition coefficient (Wildman–Crippen LogP) is 1.98. The highest BCUT2D eigenvalue weighted by Crippen LogP contribution is 2.33. The number of carbonyl (C=O) groups is 1. The van der Waals surface area contributed by atoms with Gasteiger partial charge in [0.2, 0.25) is 5.75 Å². The lowest BCUT2D eigenvalue weighted by Gasteiger charge is -2.22. The molecule has 0 aliphatic heterocycles. The second-order valence-corrected chi connectivity index (χ2v) is 6.03. The minimum atomic E-state index is -0.553. The average molecular weight is 364 g/mol. The topological polar surface area (TPSA) is 115 Å². The van der Waals surface area contributed by atoms with Crippen molar-refractivity contribution in [3.63, 3.8) is 0 Å². The largest absolute Gasteiger partial charge is 0.496 e. The quantitative estimate of drug-likeness (QED) is 0.414. The molecule has 9 nitrogen and oxygen atoms in total. The van der Waals surface area contributed by atoms with E-state index < -0.39 is 4.92 Å². The Labute approximate surface area is 151 Å². The summed E-state index contributed by atoms with van der Waals surface area (Å²) in [5.74, 6) is 0.171. The van der Waals surface area contributed by atoms with E-state index >= 15 is 0 Å². The van der Waals surface area contributed by atoms with Gasteiger partial charge in [-0.05, 0) is 12.8 Å². The Morgan fingerprint density at radius 3 is 2.58 bits per heavy atom. The van der Waals surface area contributed by atoms with Crippen molar-refractivity contribution in [1.82, 2.24) is 10.7 Å². The molecule has 142 valence electrons. The van der Waals surface area contributed by atoms with Gasteiger partial charge < -0.3 is 14.8 Å².